The number of anilines is 1. The lowest BCUT2D eigenvalue weighted by atomic mass is 10.2. The van der Waals surface area contributed by atoms with Crippen LogP contribution in [-0.2, 0) is 4.79 Å². The molecule has 1 saturated heterocycles. The van der Waals surface area contributed by atoms with Crippen molar-refractivity contribution in [3.05, 3.63) is 22.4 Å². The fraction of sp³-hybridized carbons (Fsp3) is 0.462. The Morgan fingerprint density at radius 2 is 2.11 bits per heavy atom. The van der Waals surface area contributed by atoms with Crippen LogP contribution in [0, 0.1) is 5.82 Å². The van der Waals surface area contributed by atoms with Crippen LogP contribution in [0.25, 0.3) is 0 Å². The number of carbonyl (C=O) groups excluding carboxylic acids is 1. The van der Waals surface area contributed by atoms with Crippen molar-refractivity contribution in [3.8, 4) is 5.75 Å². The summed E-state index contributed by atoms with van der Waals surface area (Å²) in [4.78, 5) is 13.8. The average molecular weight is 331 g/mol. The van der Waals surface area contributed by atoms with Crippen LogP contribution in [0.3, 0.4) is 0 Å². The fourth-order valence-electron chi connectivity index (χ4n) is 2.08. The third kappa shape index (κ3) is 3.18. The molecule has 104 valence electrons. The van der Waals surface area contributed by atoms with Crippen LogP contribution in [0.15, 0.2) is 16.6 Å². The number of nitrogens with two attached hydrogens (primary N) is 1. The van der Waals surface area contributed by atoms with Gasteiger partial charge in [0, 0.05) is 19.2 Å². The van der Waals surface area contributed by atoms with E-state index in [0.717, 1.165) is 25.9 Å². The van der Waals surface area contributed by atoms with Crippen LogP contribution in [0.5, 0.6) is 5.75 Å². The van der Waals surface area contributed by atoms with Crippen LogP contribution < -0.4 is 10.5 Å². The summed E-state index contributed by atoms with van der Waals surface area (Å²) in [6, 6.07) is 2.62. The van der Waals surface area contributed by atoms with E-state index in [1.807, 2.05) is 0 Å². The summed E-state index contributed by atoms with van der Waals surface area (Å²) in [6.07, 6.45) is 1.38. The molecule has 0 aromatic heterocycles. The Morgan fingerprint density at radius 3 is 2.74 bits per heavy atom. The number of hydrogen-bond acceptors (Lipinski definition) is 3. The van der Waals surface area contributed by atoms with Gasteiger partial charge in [-0.1, -0.05) is 0 Å². The molecule has 0 bridgehead atoms. The standard InChI is InChI=1S/C13H16BrFN2O2/c1-8(13(18)17-4-2-3-5-17)19-12-7-10(15)9(14)6-11(12)16/h6-8H,2-5,16H2,1H3. The van der Waals surface area contributed by atoms with E-state index in [9.17, 15) is 9.18 Å². The average Bonchev–Trinajstić information content (AvgIpc) is 2.88. The topological polar surface area (TPSA) is 55.6 Å². The van der Waals surface area contributed by atoms with E-state index in [0.29, 0.717) is 5.69 Å². The number of likely N-dealkylation sites (tertiary alicyclic amines) is 1. The first-order valence-corrected chi connectivity index (χ1v) is 6.98. The van der Waals surface area contributed by atoms with Gasteiger partial charge in [-0.2, -0.15) is 0 Å². The summed E-state index contributed by atoms with van der Waals surface area (Å²) in [7, 11) is 0. The molecular weight excluding hydrogens is 315 g/mol. The molecule has 0 aliphatic carbocycles. The Hall–Kier alpha value is -1.30. The van der Waals surface area contributed by atoms with Gasteiger partial charge in [-0.3, -0.25) is 4.79 Å². The molecule has 2 N–H and O–H groups in total. The quantitative estimate of drug-likeness (QED) is 0.866. The van der Waals surface area contributed by atoms with Crippen molar-refractivity contribution in [1.29, 1.82) is 0 Å². The molecule has 1 aromatic rings. The van der Waals surface area contributed by atoms with Crippen LogP contribution >= 0.6 is 15.9 Å². The molecule has 1 unspecified atom stereocenters. The lowest BCUT2D eigenvalue weighted by Crippen LogP contribution is -2.38. The highest BCUT2D eigenvalue weighted by atomic mass is 79.9. The molecule has 0 spiro atoms. The first kappa shape index (κ1) is 14.1. The molecule has 6 heteroatoms. The number of nitrogens with zero attached hydrogens (tertiary/aromatic N) is 1. The minimum absolute atomic E-state index is 0.0831. The Balaban J connectivity index is 2.08. The summed E-state index contributed by atoms with van der Waals surface area (Å²) >= 11 is 3.04. The number of halogens is 2. The molecule has 1 aliphatic rings. The minimum Gasteiger partial charge on any atom is -0.479 e. The summed E-state index contributed by atoms with van der Waals surface area (Å²) in [6.45, 7) is 3.17. The number of rotatable bonds is 3. The zero-order valence-electron chi connectivity index (χ0n) is 10.7. The maximum Gasteiger partial charge on any atom is 0.263 e. The van der Waals surface area contributed by atoms with Gasteiger partial charge in [0.25, 0.3) is 5.91 Å². The molecule has 1 atom stereocenters. The minimum atomic E-state index is -0.666. The van der Waals surface area contributed by atoms with Crippen molar-refractivity contribution in [3.63, 3.8) is 0 Å². The maximum absolute atomic E-state index is 13.4. The predicted molar refractivity (Wildman–Crippen MR) is 74.4 cm³/mol. The maximum atomic E-state index is 13.4. The monoisotopic (exact) mass is 330 g/mol. The van der Waals surface area contributed by atoms with Crippen LogP contribution in [0.2, 0.25) is 0 Å². The van der Waals surface area contributed by atoms with Gasteiger partial charge in [0.1, 0.15) is 11.6 Å². The molecule has 1 aliphatic heterocycles. The van der Waals surface area contributed by atoms with Crippen LogP contribution in [0.1, 0.15) is 19.8 Å². The summed E-state index contributed by atoms with van der Waals surface area (Å²) in [5.74, 6) is -0.356. The molecule has 2 rings (SSSR count). The summed E-state index contributed by atoms with van der Waals surface area (Å²) in [5, 5.41) is 0. The largest absolute Gasteiger partial charge is 0.479 e. The Labute approximate surface area is 119 Å². The number of nitrogen functional groups attached to an aromatic ring is 1. The van der Waals surface area contributed by atoms with Crippen LogP contribution in [-0.4, -0.2) is 30.0 Å². The van der Waals surface area contributed by atoms with Gasteiger partial charge in [0.05, 0.1) is 10.2 Å². The van der Waals surface area contributed by atoms with Gasteiger partial charge in [0.2, 0.25) is 0 Å². The summed E-state index contributed by atoms with van der Waals surface area (Å²) < 4.78 is 19.2. The molecule has 0 radical (unpaired) electrons. The van der Waals surface area contributed by atoms with Gasteiger partial charge in [-0.15, -0.1) is 0 Å². The number of benzene rings is 1. The second-order valence-electron chi connectivity index (χ2n) is 4.60. The molecule has 19 heavy (non-hydrogen) atoms. The molecule has 1 fully saturated rings. The second-order valence-corrected chi connectivity index (χ2v) is 5.45. The third-order valence-electron chi connectivity index (χ3n) is 3.12. The van der Waals surface area contributed by atoms with Gasteiger partial charge >= 0.3 is 0 Å². The zero-order chi connectivity index (χ0) is 14.0. The molecule has 1 amide bonds. The highest BCUT2D eigenvalue weighted by Gasteiger charge is 2.25. The first-order valence-electron chi connectivity index (χ1n) is 6.19. The van der Waals surface area contributed by atoms with Crippen molar-refractivity contribution in [2.24, 2.45) is 0 Å². The molecule has 0 saturated carbocycles. The Bertz CT molecular complexity index is 490. The number of ether oxygens (including phenoxy) is 1. The van der Waals surface area contributed by atoms with E-state index in [1.54, 1.807) is 11.8 Å². The second kappa shape index (κ2) is 5.77. The lowest BCUT2D eigenvalue weighted by Gasteiger charge is -2.21. The highest BCUT2D eigenvalue weighted by molar-refractivity contribution is 9.10. The molecule has 1 aromatic carbocycles. The fourth-order valence-corrected chi connectivity index (χ4v) is 2.44. The number of amides is 1. The van der Waals surface area contributed by atoms with E-state index in [1.165, 1.54) is 12.1 Å². The summed E-state index contributed by atoms with van der Waals surface area (Å²) in [5.41, 5.74) is 6.05. The van der Waals surface area contributed by atoms with Crippen molar-refractivity contribution in [2.75, 3.05) is 18.8 Å². The van der Waals surface area contributed by atoms with Crippen molar-refractivity contribution < 1.29 is 13.9 Å². The normalized spacial score (nSPS) is 16.5. The Kier molecular flexibility index (Phi) is 4.29. The van der Waals surface area contributed by atoms with Crippen molar-refractivity contribution in [1.82, 2.24) is 4.90 Å². The smallest absolute Gasteiger partial charge is 0.263 e. The van der Waals surface area contributed by atoms with Crippen molar-refractivity contribution in [2.45, 2.75) is 25.9 Å². The number of hydrogen-bond donors (Lipinski definition) is 1. The third-order valence-corrected chi connectivity index (χ3v) is 3.73. The molecule has 4 nitrogen and oxygen atoms in total. The predicted octanol–water partition coefficient (Wildman–Crippen LogP) is 2.56. The van der Waals surface area contributed by atoms with E-state index in [2.05, 4.69) is 15.9 Å². The van der Waals surface area contributed by atoms with E-state index >= 15 is 0 Å². The van der Waals surface area contributed by atoms with Gasteiger partial charge in [0.15, 0.2) is 6.10 Å². The van der Waals surface area contributed by atoms with E-state index in [-0.39, 0.29) is 16.1 Å². The van der Waals surface area contributed by atoms with Gasteiger partial charge in [-0.25, -0.2) is 4.39 Å². The number of carbonyl (C=O) groups is 1. The SMILES string of the molecule is CC(Oc1cc(F)c(Br)cc1N)C(=O)N1CCCC1. The first-order chi connectivity index (χ1) is 8.99. The van der Waals surface area contributed by atoms with E-state index < -0.39 is 11.9 Å². The Morgan fingerprint density at radius 1 is 1.47 bits per heavy atom. The lowest BCUT2D eigenvalue weighted by molar-refractivity contribution is -0.136. The van der Waals surface area contributed by atoms with Gasteiger partial charge in [-0.05, 0) is 41.8 Å². The zero-order valence-corrected chi connectivity index (χ0v) is 12.2. The molecule has 1 heterocycles. The van der Waals surface area contributed by atoms with E-state index in [4.69, 9.17) is 10.5 Å². The van der Waals surface area contributed by atoms with Gasteiger partial charge < -0.3 is 15.4 Å². The van der Waals surface area contributed by atoms with Crippen molar-refractivity contribution >= 4 is 27.5 Å². The van der Waals surface area contributed by atoms with Crippen LogP contribution in [0.4, 0.5) is 10.1 Å². The highest BCUT2D eigenvalue weighted by Crippen LogP contribution is 2.29. The molecular formula is C13H16BrFN2O2.